The SMILES string of the molecule is NCC1C=CC(C2C/C(=N\c3ccccc3)N2c2ccccc2)=CC1. The summed E-state index contributed by atoms with van der Waals surface area (Å²) < 4.78 is 0. The first-order valence-electron chi connectivity index (χ1n) is 8.90. The zero-order valence-corrected chi connectivity index (χ0v) is 14.3. The van der Waals surface area contributed by atoms with Crippen LogP contribution in [0.2, 0.25) is 0 Å². The lowest BCUT2D eigenvalue weighted by Crippen LogP contribution is -2.54. The van der Waals surface area contributed by atoms with Crippen molar-refractivity contribution in [2.45, 2.75) is 18.9 Å². The second-order valence-corrected chi connectivity index (χ2v) is 6.58. The number of hydrogen-bond acceptors (Lipinski definition) is 2. The van der Waals surface area contributed by atoms with Gasteiger partial charge in [-0.05, 0) is 48.7 Å². The van der Waals surface area contributed by atoms with E-state index in [0.717, 1.165) is 24.4 Å². The Morgan fingerprint density at radius 1 is 1.00 bits per heavy atom. The predicted molar refractivity (Wildman–Crippen MR) is 105 cm³/mol. The van der Waals surface area contributed by atoms with Crippen LogP contribution >= 0.6 is 0 Å². The van der Waals surface area contributed by atoms with Crippen LogP contribution in [0.25, 0.3) is 0 Å². The number of hydrogen-bond donors (Lipinski definition) is 1. The first-order chi connectivity index (χ1) is 12.3. The van der Waals surface area contributed by atoms with Crippen LogP contribution in [-0.4, -0.2) is 18.4 Å². The van der Waals surface area contributed by atoms with Gasteiger partial charge in [-0.25, -0.2) is 4.99 Å². The topological polar surface area (TPSA) is 41.6 Å². The average molecular weight is 329 g/mol. The van der Waals surface area contributed by atoms with Gasteiger partial charge in [-0.1, -0.05) is 54.6 Å². The van der Waals surface area contributed by atoms with Gasteiger partial charge in [-0.2, -0.15) is 0 Å². The van der Waals surface area contributed by atoms with Crippen molar-refractivity contribution in [1.82, 2.24) is 0 Å². The van der Waals surface area contributed by atoms with Crippen molar-refractivity contribution in [2.75, 3.05) is 11.4 Å². The second kappa shape index (κ2) is 7.08. The second-order valence-electron chi connectivity index (χ2n) is 6.58. The number of anilines is 1. The number of nitrogens with two attached hydrogens (primary N) is 1. The number of nitrogens with zero attached hydrogens (tertiary/aromatic N) is 2. The fourth-order valence-electron chi connectivity index (χ4n) is 3.47. The largest absolute Gasteiger partial charge is 0.330 e. The number of para-hydroxylation sites is 2. The van der Waals surface area contributed by atoms with Crippen molar-refractivity contribution in [3.05, 3.63) is 84.5 Å². The Morgan fingerprint density at radius 2 is 1.72 bits per heavy atom. The zero-order chi connectivity index (χ0) is 17.1. The molecular formula is C22H23N3. The summed E-state index contributed by atoms with van der Waals surface area (Å²) >= 11 is 0. The molecule has 0 amide bonds. The normalized spacial score (nSPS) is 24.1. The van der Waals surface area contributed by atoms with Gasteiger partial charge in [-0.3, -0.25) is 0 Å². The smallest absolute Gasteiger partial charge is 0.112 e. The summed E-state index contributed by atoms with van der Waals surface area (Å²) in [6.07, 6.45) is 8.85. The van der Waals surface area contributed by atoms with Crippen molar-refractivity contribution >= 4 is 17.2 Å². The first-order valence-corrected chi connectivity index (χ1v) is 8.90. The highest BCUT2D eigenvalue weighted by atomic mass is 15.3. The minimum Gasteiger partial charge on any atom is -0.330 e. The summed E-state index contributed by atoms with van der Waals surface area (Å²) in [5.41, 5.74) is 9.37. The van der Waals surface area contributed by atoms with Crippen LogP contribution in [-0.2, 0) is 0 Å². The Bertz CT molecular complexity index is 806. The van der Waals surface area contributed by atoms with Gasteiger partial charge < -0.3 is 10.6 Å². The predicted octanol–water partition coefficient (Wildman–Crippen LogP) is 4.46. The summed E-state index contributed by atoms with van der Waals surface area (Å²) in [7, 11) is 0. The number of amidine groups is 1. The van der Waals surface area contributed by atoms with E-state index in [-0.39, 0.29) is 0 Å². The molecule has 25 heavy (non-hydrogen) atoms. The van der Waals surface area contributed by atoms with Crippen LogP contribution in [0.3, 0.4) is 0 Å². The third-order valence-electron chi connectivity index (χ3n) is 4.92. The van der Waals surface area contributed by atoms with Crippen LogP contribution in [0, 0.1) is 5.92 Å². The lowest BCUT2D eigenvalue weighted by molar-refractivity contribution is 0.640. The molecule has 4 rings (SSSR count). The highest BCUT2D eigenvalue weighted by Crippen LogP contribution is 2.36. The van der Waals surface area contributed by atoms with E-state index in [1.165, 1.54) is 11.3 Å². The molecule has 0 saturated carbocycles. The Labute approximate surface area is 149 Å². The fraction of sp³-hybridized carbons (Fsp3) is 0.227. The van der Waals surface area contributed by atoms with Crippen molar-refractivity contribution in [3.63, 3.8) is 0 Å². The maximum absolute atomic E-state index is 5.79. The maximum Gasteiger partial charge on any atom is 0.112 e. The standard InChI is InChI=1S/C22H23N3/c23-16-17-11-13-18(14-12-17)21-15-22(24-19-7-3-1-4-8-19)25(21)20-9-5-2-6-10-20/h1-11,13-14,17,21H,12,15-16,23H2/b24-22+. The molecule has 2 aromatic carbocycles. The third-order valence-corrected chi connectivity index (χ3v) is 4.92. The molecule has 1 fully saturated rings. The Morgan fingerprint density at radius 3 is 2.36 bits per heavy atom. The summed E-state index contributed by atoms with van der Waals surface area (Å²) in [5.74, 6) is 1.60. The molecule has 0 bridgehead atoms. The third kappa shape index (κ3) is 3.28. The molecule has 0 aromatic heterocycles. The van der Waals surface area contributed by atoms with Crippen LogP contribution in [0.15, 0.2) is 89.5 Å². The van der Waals surface area contributed by atoms with Gasteiger partial charge in [0.1, 0.15) is 5.84 Å². The minimum atomic E-state index is 0.361. The van der Waals surface area contributed by atoms with E-state index >= 15 is 0 Å². The molecule has 0 radical (unpaired) electrons. The first kappa shape index (κ1) is 15.9. The molecule has 3 nitrogen and oxygen atoms in total. The number of allylic oxidation sites excluding steroid dienone is 1. The Hall–Kier alpha value is -2.65. The lowest BCUT2D eigenvalue weighted by Gasteiger charge is -2.45. The van der Waals surface area contributed by atoms with Gasteiger partial charge in [0.15, 0.2) is 0 Å². The number of aliphatic imine (C=N–C) groups is 1. The summed E-state index contributed by atoms with van der Waals surface area (Å²) in [6.45, 7) is 0.716. The quantitative estimate of drug-likeness (QED) is 0.900. The summed E-state index contributed by atoms with van der Waals surface area (Å²) in [5, 5.41) is 0. The van der Waals surface area contributed by atoms with Crippen molar-refractivity contribution in [1.29, 1.82) is 0 Å². The lowest BCUT2D eigenvalue weighted by atomic mass is 9.86. The van der Waals surface area contributed by atoms with E-state index in [1.54, 1.807) is 0 Å². The van der Waals surface area contributed by atoms with Crippen LogP contribution in [0.5, 0.6) is 0 Å². The monoisotopic (exact) mass is 329 g/mol. The molecule has 0 spiro atoms. The van der Waals surface area contributed by atoms with E-state index < -0.39 is 0 Å². The minimum absolute atomic E-state index is 0.361. The van der Waals surface area contributed by atoms with E-state index in [4.69, 9.17) is 10.7 Å². The van der Waals surface area contributed by atoms with Crippen molar-refractivity contribution < 1.29 is 0 Å². The highest BCUT2D eigenvalue weighted by Gasteiger charge is 2.37. The fourth-order valence-corrected chi connectivity index (χ4v) is 3.47. The van der Waals surface area contributed by atoms with Gasteiger partial charge in [-0.15, -0.1) is 0 Å². The molecule has 1 heterocycles. The van der Waals surface area contributed by atoms with Crippen molar-refractivity contribution in [3.8, 4) is 0 Å². The van der Waals surface area contributed by atoms with Crippen molar-refractivity contribution in [2.24, 2.45) is 16.6 Å². The molecule has 2 N–H and O–H groups in total. The Balaban J connectivity index is 1.62. The van der Waals surface area contributed by atoms with E-state index in [2.05, 4.69) is 65.6 Å². The van der Waals surface area contributed by atoms with Gasteiger partial charge in [0.05, 0.1) is 11.7 Å². The molecule has 2 aliphatic rings. The summed E-state index contributed by atoms with van der Waals surface area (Å²) in [4.78, 5) is 7.22. The zero-order valence-electron chi connectivity index (χ0n) is 14.3. The van der Waals surface area contributed by atoms with Gasteiger partial charge in [0, 0.05) is 12.1 Å². The van der Waals surface area contributed by atoms with E-state index in [0.29, 0.717) is 18.5 Å². The highest BCUT2D eigenvalue weighted by molar-refractivity contribution is 6.07. The molecule has 1 aliphatic carbocycles. The maximum atomic E-state index is 5.79. The molecule has 2 atom stereocenters. The van der Waals surface area contributed by atoms with Crippen LogP contribution in [0.1, 0.15) is 12.8 Å². The van der Waals surface area contributed by atoms with Crippen LogP contribution < -0.4 is 10.6 Å². The van der Waals surface area contributed by atoms with Gasteiger partial charge in [0.2, 0.25) is 0 Å². The van der Waals surface area contributed by atoms with E-state index in [9.17, 15) is 0 Å². The molecular weight excluding hydrogens is 306 g/mol. The molecule has 2 aromatic rings. The van der Waals surface area contributed by atoms with Gasteiger partial charge in [0.25, 0.3) is 0 Å². The van der Waals surface area contributed by atoms with E-state index in [1.807, 2.05) is 18.2 Å². The van der Waals surface area contributed by atoms with Crippen LogP contribution in [0.4, 0.5) is 11.4 Å². The summed E-state index contributed by atoms with van der Waals surface area (Å²) in [6, 6.07) is 21.1. The number of benzene rings is 2. The van der Waals surface area contributed by atoms with Gasteiger partial charge >= 0.3 is 0 Å². The molecule has 1 saturated heterocycles. The molecule has 3 heteroatoms. The Kier molecular flexibility index (Phi) is 4.49. The molecule has 126 valence electrons. The molecule has 2 unspecified atom stereocenters. The molecule has 1 aliphatic heterocycles. The average Bonchev–Trinajstić information content (AvgIpc) is 2.67. The number of rotatable bonds is 4.